The minimum absolute atomic E-state index is 0.0396. The second-order valence-corrected chi connectivity index (χ2v) is 7.19. The summed E-state index contributed by atoms with van der Waals surface area (Å²) >= 11 is 1.09. The van der Waals surface area contributed by atoms with E-state index in [0.29, 0.717) is 29.9 Å². The van der Waals surface area contributed by atoms with Crippen molar-refractivity contribution < 1.29 is 13.2 Å². The maximum atomic E-state index is 12.7. The normalized spacial score (nSPS) is 15.9. The van der Waals surface area contributed by atoms with E-state index in [1.165, 1.54) is 6.33 Å². The molecule has 0 amide bonds. The summed E-state index contributed by atoms with van der Waals surface area (Å²) in [5.41, 5.74) is 0.119. The summed E-state index contributed by atoms with van der Waals surface area (Å²) in [5, 5.41) is 1.66. The molecule has 1 aliphatic rings. The lowest BCUT2D eigenvalue weighted by Crippen LogP contribution is -2.34. The molecule has 2 aromatic heterocycles. The van der Waals surface area contributed by atoms with Crippen molar-refractivity contribution in [1.29, 1.82) is 0 Å². The number of alkyl halides is 3. The number of piperidine rings is 1. The van der Waals surface area contributed by atoms with Gasteiger partial charge in [-0.25, -0.2) is 15.0 Å². The highest BCUT2D eigenvalue weighted by Gasteiger charge is 2.35. The third-order valence-electron chi connectivity index (χ3n) is 4.53. The molecule has 3 aromatic rings. The molecule has 0 bridgehead atoms. The number of hydrogen-bond acceptors (Lipinski definition) is 6. The molecule has 0 unspecified atom stereocenters. The third-order valence-corrected chi connectivity index (χ3v) is 5.54. The Kier molecular flexibility index (Phi) is 4.77. The first-order chi connectivity index (χ1) is 13.0. The van der Waals surface area contributed by atoms with Crippen LogP contribution in [0.4, 0.5) is 19.1 Å². The number of rotatable bonds is 3. The smallest absolute Gasteiger partial charge is 0.341 e. The fraction of sp³-hybridized carbons (Fsp3) is 0.333. The van der Waals surface area contributed by atoms with Crippen molar-refractivity contribution in [3.8, 4) is 11.4 Å². The van der Waals surface area contributed by atoms with Crippen molar-refractivity contribution in [2.45, 2.75) is 24.9 Å². The minimum Gasteiger partial charge on any atom is -0.341 e. The molecule has 4 rings (SSSR count). The molecular weight excluding hydrogens is 375 g/mol. The van der Waals surface area contributed by atoms with E-state index < -0.39 is 11.9 Å². The summed E-state index contributed by atoms with van der Waals surface area (Å²) < 4.78 is 38.2. The Balaban J connectivity index is 1.44. The number of hydrogen-bond donors (Lipinski definition) is 0. The summed E-state index contributed by atoms with van der Waals surface area (Å²) in [6.07, 6.45) is -1.45. The van der Waals surface area contributed by atoms with Gasteiger partial charge in [0.05, 0.1) is 5.01 Å². The van der Waals surface area contributed by atoms with Crippen LogP contribution in [0, 0.1) is 0 Å². The van der Waals surface area contributed by atoms with Gasteiger partial charge in [0, 0.05) is 30.0 Å². The van der Waals surface area contributed by atoms with E-state index >= 15 is 0 Å². The molecule has 5 nitrogen and oxygen atoms in total. The molecule has 0 N–H and O–H groups in total. The van der Waals surface area contributed by atoms with Gasteiger partial charge in [-0.2, -0.15) is 18.2 Å². The molecular formula is C18H16F3N5S. The fourth-order valence-electron chi connectivity index (χ4n) is 3.10. The first kappa shape index (κ1) is 17.8. The highest BCUT2D eigenvalue weighted by Crippen LogP contribution is 2.36. The number of aromatic nitrogens is 4. The van der Waals surface area contributed by atoms with Crippen LogP contribution in [0.5, 0.6) is 0 Å². The van der Waals surface area contributed by atoms with Crippen molar-refractivity contribution in [2.24, 2.45) is 0 Å². The number of anilines is 1. The second-order valence-electron chi connectivity index (χ2n) is 6.31. The van der Waals surface area contributed by atoms with Gasteiger partial charge in [-0.3, -0.25) is 0 Å². The lowest BCUT2D eigenvalue weighted by molar-refractivity contribution is -0.140. The number of thiazole rings is 1. The van der Waals surface area contributed by atoms with Gasteiger partial charge in [0.2, 0.25) is 5.95 Å². The zero-order valence-electron chi connectivity index (χ0n) is 14.2. The largest absolute Gasteiger partial charge is 0.434 e. The zero-order valence-corrected chi connectivity index (χ0v) is 15.0. The van der Waals surface area contributed by atoms with Crippen LogP contribution >= 0.6 is 11.3 Å². The van der Waals surface area contributed by atoms with Gasteiger partial charge >= 0.3 is 6.18 Å². The van der Waals surface area contributed by atoms with E-state index in [4.69, 9.17) is 0 Å². The Morgan fingerprint density at radius 3 is 2.41 bits per heavy atom. The van der Waals surface area contributed by atoms with Gasteiger partial charge in [-0.15, -0.1) is 11.3 Å². The molecule has 0 saturated carbocycles. The molecule has 1 fully saturated rings. The predicted molar refractivity (Wildman–Crippen MR) is 96.6 cm³/mol. The molecule has 0 atom stereocenters. The fourth-order valence-corrected chi connectivity index (χ4v) is 4.10. The van der Waals surface area contributed by atoms with Crippen LogP contribution in [0.3, 0.4) is 0 Å². The van der Waals surface area contributed by atoms with Gasteiger partial charge in [0.25, 0.3) is 0 Å². The Bertz CT molecular complexity index is 905. The predicted octanol–water partition coefficient (Wildman–Crippen LogP) is 4.40. The third kappa shape index (κ3) is 3.92. The Labute approximate surface area is 158 Å². The van der Waals surface area contributed by atoms with Gasteiger partial charge in [0.1, 0.15) is 6.33 Å². The summed E-state index contributed by atoms with van der Waals surface area (Å²) in [6.45, 7) is 1.34. The van der Waals surface area contributed by atoms with Crippen LogP contribution in [0.1, 0.15) is 29.5 Å². The minimum atomic E-state index is -4.38. The highest BCUT2D eigenvalue weighted by atomic mass is 32.1. The molecule has 9 heteroatoms. The highest BCUT2D eigenvalue weighted by molar-refractivity contribution is 7.09. The van der Waals surface area contributed by atoms with Crippen molar-refractivity contribution >= 4 is 17.3 Å². The molecule has 3 heterocycles. The Morgan fingerprint density at radius 2 is 1.74 bits per heavy atom. The second kappa shape index (κ2) is 7.22. The first-order valence-corrected chi connectivity index (χ1v) is 9.41. The average Bonchev–Trinajstić information content (AvgIpc) is 3.20. The van der Waals surface area contributed by atoms with Gasteiger partial charge < -0.3 is 4.90 Å². The molecule has 0 aliphatic carbocycles. The van der Waals surface area contributed by atoms with Crippen LogP contribution in [-0.2, 0) is 6.18 Å². The van der Waals surface area contributed by atoms with E-state index in [1.807, 2.05) is 35.2 Å². The van der Waals surface area contributed by atoms with Gasteiger partial charge in [-0.1, -0.05) is 30.3 Å². The molecule has 27 heavy (non-hydrogen) atoms. The monoisotopic (exact) mass is 391 g/mol. The van der Waals surface area contributed by atoms with Crippen molar-refractivity contribution in [3.63, 3.8) is 0 Å². The summed E-state index contributed by atoms with van der Waals surface area (Å²) in [5.74, 6) is 1.24. The summed E-state index contributed by atoms with van der Waals surface area (Å²) in [6, 6.07) is 9.65. The lowest BCUT2D eigenvalue weighted by Gasteiger charge is -2.31. The maximum Gasteiger partial charge on any atom is 0.434 e. The first-order valence-electron chi connectivity index (χ1n) is 8.53. The van der Waals surface area contributed by atoms with Crippen molar-refractivity contribution in [3.05, 3.63) is 52.7 Å². The maximum absolute atomic E-state index is 12.7. The SMILES string of the molecule is FC(F)(F)c1csc(C2CCN(c3ncnc(-c4ccccc4)n3)CC2)n1. The van der Waals surface area contributed by atoms with E-state index in [-0.39, 0.29) is 5.92 Å². The van der Waals surface area contributed by atoms with Crippen LogP contribution in [0.25, 0.3) is 11.4 Å². The van der Waals surface area contributed by atoms with Crippen LogP contribution in [-0.4, -0.2) is 33.0 Å². The quantitative estimate of drug-likeness (QED) is 0.663. The van der Waals surface area contributed by atoms with Gasteiger partial charge in [-0.05, 0) is 12.8 Å². The zero-order chi connectivity index (χ0) is 18.9. The molecule has 140 valence electrons. The van der Waals surface area contributed by atoms with Gasteiger partial charge in [0.15, 0.2) is 11.5 Å². The summed E-state index contributed by atoms with van der Waals surface area (Å²) in [7, 11) is 0. The topological polar surface area (TPSA) is 54.8 Å². The molecule has 0 spiro atoms. The van der Waals surface area contributed by atoms with Crippen LogP contribution < -0.4 is 4.90 Å². The molecule has 1 saturated heterocycles. The number of halogens is 3. The number of nitrogens with zero attached hydrogens (tertiary/aromatic N) is 5. The molecule has 1 aliphatic heterocycles. The van der Waals surface area contributed by atoms with Crippen molar-refractivity contribution in [1.82, 2.24) is 19.9 Å². The van der Waals surface area contributed by atoms with Crippen LogP contribution in [0.15, 0.2) is 42.0 Å². The number of benzene rings is 1. The Morgan fingerprint density at radius 1 is 1.00 bits per heavy atom. The van der Waals surface area contributed by atoms with Crippen molar-refractivity contribution in [2.75, 3.05) is 18.0 Å². The average molecular weight is 391 g/mol. The van der Waals surface area contributed by atoms with E-state index in [0.717, 1.165) is 35.1 Å². The lowest BCUT2D eigenvalue weighted by atomic mass is 9.98. The van der Waals surface area contributed by atoms with Crippen LogP contribution in [0.2, 0.25) is 0 Å². The van der Waals surface area contributed by atoms with E-state index in [1.54, 1.807) is 0 Å². The van der Waals surface area contributed by atoms with E-state index in [2.05, 4.69) is 19.9 Å². The molecule has 1 aromatic carbocycles. The summed E-state index contributed by atoms with van der Waals surface area (Å²) in [4.78, 5) is 18.9. The Hall–Kier alpha value is -2.55. The molecule has 0 radical (unpaired) electrons. The van der Waals surface area contributed by atoms with E-state index in [9.17, 15) is 13.2 Å². The standard InChI is InChI=1S/C18H16F3N5S/c19-18(20,21)14-10-27-16(24-14)13-6-8-26(9-7-13)17-23-11-22-15(25-17)12-4-2-1-3-5-12/h1-5,10-11,13H,6-9H2.